The Hall–Kier alpha value is -3.13. The van der Waals surface area contributed by atoms with Crippen LogP contribution in [0.2, 0.25) is 0 Å². The Balaban J connectivity index is 0.00000187. The minimum atomic E-state index is -1.00. The van der Waals surface area contributed by atoms with Crippen LogP contribution < -0.4 is 15.1 Å². The van der Waals surface area contributed by atoms with Gasteiger partial charge in [-0.3, -0.25) is 4.79 Å². The minimum absolute atomic E-state index is 0.0457. The molecule has 2 unspecified atom stereocenters. The van der Waals surface area contributed by atoms with Gasteiger partial charge in [0.2, 0.25) is 5.91 Å². The van der Waals surface area contributed by atoms with Crippen LogP contribution in [0.3, 0.4) is 0 Å². The van der Waals surface area contributed by atoms with Crippen molar-refractivity contribution in [2.24, 2.45) is 0 Å². The number of hydrogen-bond acceptors (Lipinski definition) is 6. The standard InChI is InChI=1S/C23H30N4O4.C2H6/c1-6-16(7-2)27-14(3)22(28)26(4)18-11-13-20(25-21(18)27)24-17-10-8-15(23(29)30)9-12-19(17)31-5;1-2/h8-14,16,19H,6-7H2,1-5H3,(H,24,25)(H,29,30);1-2H3. The van der Waals surface area contributed by atoms with E-state index in [4.69, 9.17) is 9.72 Å². The SMILES string of the molecule is CC.CCC(CC)N1c2nc(NC3=CC=C(C(=O)O)C=CC3OC)ccc2N(C)C(=O)C1C. The number of hydrogen-bond donors (Lipinski definition) is 2. The summed E-state index contributed by atoms with van der Waals surface area (Å²) >= 11 is 0. The predicted molar refractivity (Wildman–Crippen MR) is 133 cm³/mol. The molecule has 2 heterocycles. The fourth-order valence-electron chi connectivity index (χ4n) is 4.07. The van der Waals surface area contributed by atoms with Crippen LogP contribution in [0.4, 0.5) is 17.3 Å². The number of aliphatic carboxylic acids is 1. The molecule has 3 rings (SSSR count). The van der Waals surface area contributed by atoms with Gasteiger partial charge >= 0.3 is 5.97 Å². The van der Waals surface area contributed by atoms with Crippen molar-refractivity contribution in [3.05, 3.63) is 47.7 Å². The molecular weight excluding hydrogens is 420 g/mol. The number of carboxylic acid groups (broad SMARTS) is 1. The molecule has 0 radical (unpaired) electrons. The van der Waals surface area contributed by atoms with Gasteiger partial charge in [0.25, 0.3) is 0 Å². The van der Waals surface area contributed by atoms with E-state index in [-0.39, 0.29) is 23.6 Å². The van der Waals surface area contributed by atoms with Crippen LogP contribution in [0.25, 0.3) is 0 Å². The first-order valence-electron chi connectivity index (χ1n) is 11.5. The molecule has 180 valence electrons. The van der Waals surface area contributed by atoms with E-state index < -0.39 is 12.1 Å². The molecule has 0 saturated heterocycles. The van der Waals surface area contributed by atoms with Crippen LogP contribution in [0, 0.1) is 0 Å². The zero-order valence-corrected chi connectivity index (χ0v) is 20.6. The Morgan fingerprint density at radius 2 is 1.91 bits per heavy atom. The number of carbonyl (C=O) groups is 2. The van der Waals surface area contributed by atoms with Crippen molar-refractivity contribution < 1.29 is 19.4 Å². The number of nitrogens with zero attached hydrogens (tertiary/aromatic N) is 3. The lowest BCUT2D eigenvalue weighted by Crippen LogP contribution is -2.54. The lowest BCUT2D eigenvalue weighted by molar-refractivity contribution is -0.132. The molecule has 1 aromatic rings. The number of carboxylic acids is 1. The van der Waals surface area contributed by atoms with Crippen LogP contribution in [0.1, 0.15) is 47.5 Å². The van der Waals surface area contributed by atoms with Crippen molar-refractivity contribution in [1.29, 1.82) is 0 Å². The topological polar surface area (TPSA) is 95.0 Å². The highest BCUT2D eigenvalue weighted by molar-refractivity contribution is 6.04. The zero-order valence-electron chi connectivity index (χ0n) is 20.6. The molecule has 0 bridgehead atoms. The first-order valence-corrected chi connectivity index (χ1v) is 11.5. The summed E-state index contributed by atoms with van der Waals surface area (Å²) in [7, 11) is 3.34. The third-order valence-electron chi connectivity index (χ3n) is 5.87. The van der Waals surface area contributed by atoms with Gasteiger partial charge in [0.05, 0.1) is 11.3 Å². The molecule has 1 aliphatic carbocycles. The fourth-order valence-corrected chi connectivity index (χ4v) is 4.07. The van der Waals surface area contributed by atoms with E-state index in [0.29, 0.717) is 11.5 Å². The monoisotopic (exact) mass is 456 g/mol. The average molecular weight is 457 g/mol. The van der Waals surface area contributed by atoms with Gasteiger partial charge in [-0.25, -0.2) is 9.78 Å². The number of fused-ring (bicyclic) bond motifs is 1. The van der Waals surface area contributed by atoms with Crippen molar-refractivity contribution in [3.63, 3.8) is 0 Å². The summed E-state index contributed by atoms with van der Waals surface area (Å²) in [4.78, 5) is 32.7. The Kier molecular flexibility index (Phi) is 9.22. The number of ether oxygens (including phenoxy) is 1. The molecule has 0 fully saturated rings. The highest BCUT2D eigenvalue weighted by atomic mass is 16.5. The van der Waals surface area contributed by atoms with E-state index in [1.807, 2.05) is 32.9 Å². The lowest BCUT2D eigenvalue weighted by atomic mass is 10.0. The maximum Gasteiger partial charge on any atom is 0.335 e. The van der Waals surface area contributed by atoms with Gasteiger partial charge in [0.1, 0.15) is 18.0 Å². The number of likely N-dealkylation sites (N-methyl/N-ethyl adjacent to an activating group) is 1. The highest BCUT2D eigenvalue weighted by Crippen LogP contribution is 2.37. The smallest absolute Gasteiger partial charge is 0.335 e. The van der Waals surface area contributed by atoms with Crippen LogP contribution in [-0.4, -0.2) is 54.3 Å². The molecular formula is C25H36N4O4. The quantitative estimate of drug-likeness (QED) is 0.629. The van der Waals surface area contributed by atoms with Crippen molar-refractivity contribution in [2.75, 3.05) is 29.3 Å². The number of carbonyl (C=O) groups excluding carboxylic acids is 1. The van der Waals surface area contributed by atoms with Gasteiger partial charge in [0, 0.05) is 25.9 Å². The summed E-state index contributed by atoms with van der Waals surface area (Å²) in [6.45, 7) is 10.1. The minimum Gasteiger partial charge on any atom is -0.478 e. The normalized spacial score (nSPS) is 19.8. The summed E-state index contributed by atoms with van der Waals surface area (Å²) < 4.78 is 5.50. The number of nitrogens with one attached hydrogen (secondary N) is 1. The number of amides is 1. The number of anilines is 3. The highest BCUT2D eigenvalue weighted by Gasteiger charge is 2.37. The van der Waals surface area contributed by atoms with Gasteiger partial charge in [0.15, 0.2) is 5.82 Å². The number of rotatable bonds is 7. The maximum atomic E-state index is 12.8. The fraction of sp³-hybridized carbons (Fsp3) is 0.480. The second-order valence-corrected chi connectivity index (χ2v) is 7.68. The molecule has 8 heteroatoms. The van der Waals surface area contributed by atoms with Crippen LogP contribution in [0.5, 0.6) is 0 Å². The zero-order chi connectivity index (χ0) is 24.7. The summed E-state index contributed by atoms with van der Waals surface area (Å²) in [5, 5.41) is 12.5. The van der Waals surface area contributed by atoms with Gasteiger partial charge in [-0.1, -0.05) is 27.7 Å². The lowest BCUT2D eigenvalue weighted by Gasteiger charge is -2.43. The summed E-state index contributed by atoms with van der Waals surface area (Å²) in [5.74, 6) is 0.398. The van der Waals surface area contributed by atoms with E-state index in [0.717, 1.165) is 24.3 Å². The van der Waals surface area contributed by atoms with Crippen LogP contribution in [0.15, 0.2) is 47.7 Å². The molecule has 2 aliphatic rings. The molecule has 1 amide bonds. The van der Waals surface area contributed by atoms with Gasteiger partial charge in [-0.2, -0.15) is 0 Å². The van der Waals surface area contributed by atoms with Crippen molar-refractivity contribution in [2.45, 2.75) is 65.6 Å². The predicted octanol–water partition coefficient (Wildman–Crippen LogP) is 4.36. The molecule has 8 nitrogen and oxygen atoms in total. The second kappa shape index (κ2) is 11.7. The second-order valence-electron chi connectivity index (χ2n) is 7.68. The van der Waals surface area contributed by atoms with Gasteiger partial charge < -0.3 is 25.0 Å². The van der Waals surface area contributed by atoms with Crippen LogP contribution in [-0.2, 0) is 14.3 Å². The molecule has 33 heavy (non-hydrogen) atoms. The average Bonchev–Trinajstić information content (AvgIpc) is 3.03. The largest absolute Gasteiger partial charge is 0.478 e. The van der Waals surface area contributed by atoms with E-state index in [1.54, 1.807) is 31.2 Å². The van der Waals surface area contributed by atoms with E-state index in [1.165, 1.54) is 12.2 Å². The Labute approximate surface area is 196 Å². The first kappa shape index (κ1) is 26.1. The molecule has 0 aromatic carbocycles. The Bertz CT molecular complexity index is 950. The van der Waals surface area contributed by atoms with Crippen molar-refractivity contribution in [1.82, 2.24) is 4.98 Å². The molecule has 0 spiro atoms. The number of allylic oxidation sites excluding steroid dienone is 2. The Morgan fingerprint density at radius 3 is 2.48 bits per heavy atom. The number of aromatic nitrogens is 1. The molecule has 1 aliphatic heterocycles. The molecule has 0 saturated carbocycles. The molecule has 2 atom stereocenters. The van der Waals surface area contributed by atoms with Crippen LogP contribution >= 0.6 is 0 Å². The number of methoxy groups -OCH3 is 1. The maximum absolute atomic E-state index is 12.8. The van der Waals surface area contributed by atoms with E-state index in [9.17, 15) is 14.7 Å². The number of pyridine rings is 1. The first-order chi connectivity index (χ1) is 15.8. The van der Waals surface area contributed by atoms with E-state index >= 15 is 0 Å². The summed E-state index contributed by atoms with van der Waals surface area (Å²) in [6, 6.07) is 3.59. The van der Waals surface area contributed by atoms with Gasteiger partial charge in [-0.15, -0.1) is 0 Å². The van der Waals surface area contributed by atoms with Crippen molar-refractivity contribution >= 4 is 29.2 Å². The third-order valence-corrected chi connectivity index (χ3v) is 5.87. The summed E-state index contributed by atoms with van der Waals surface area (Å²) in [6.07, 6.45) is 7.81. The third kappa shape index (κ3) is 5.45. The van der Waals surface area contributed by atoms with E-state index in [2.05, 4.69) is 24.1 Å². The van der Waals surface area contributed by atoms with Crippen molar-refractivity contribution in [3.8, 4) is 0 Å². The Morgan fingerprint density at radius 1 is 1.24 bits per heavy atom. The van der Waals surface area contributed by atoms with Gasteiger partial charge in [-0.05, 0) is 56.2 Å². The summed E-state index contributed by atoms with van der Waals surface area (Å²) in [5.41, 5.74) is 1.61. The molecule has 2 N–H and O–H groups in total. The molecule has 1 aromatic heterocycles.